The summed E-state index contributed by atoms with van der Waals surface area (Å²) in [4.78, 5) is 11.5. The number of H-pyrrole nitrogens is 2. The summed E-state index contributed by atoms with van der Waals surface area (Å²) in [5, 5.41) is 4.32. The first kappa shape index (κ1) is 14.7. The molecule has 0 saturated carbocycles. The molecule has 4 rings (SSSR count). The lowest BCUT2D eigenvalue weighted by Gasteiger charge is -1.97. The van der Waals surface area contributed by atoms with Crippen LogP contribution in [0.3, 0.4) is 0 Å². The molecule has 1 aromatic carbocycles. The van der Waals surface area contributed by atoms with E-state index < -0.39 is 0 Å². The number of fused-ring (bicyclic) bond motifs is 1. The molecule has 0 aliphatic rings. The Morgan fingerprint density at radius 3 is 2.79 bits per heavy atom. The maximum Gasteiger partial charge on any atom is 0.126 e. The van der Waals surface area contributed by atoms with E-state index in [1.54, 1.807) is 11.3 Å². The fraction of sp³-hybridized carbons (Fsp3) is 0.0500. The number of nitrogens with zero attached hydrogens (tertiary/aromatic N) is 1. The summed E-state index contributed by atoms with van der Waals surface area (Å²) in [6.45, 7) is 5.89. The van der Waals surface area contributed by atoms with Gasteiger partial charge < -0.3 is 9.97 Å². The van der Waals surface area contributed by atoms with E-state index in [-0.39, 0.29) is 0 Å². The van der Waals surface area contributed by atoms with Gasteiger partial charge >= 0.3 is 0 Å². The van der Waals surface area contributed by atoms with Crippen LogP contribution >= 0.6 is 11.3 Å². The average molecular weight is 331 g/mol. The van der Waals surface area contributed by atoms with Crippen molar-refractivity contribution in [1.29, 1.82) is 0 Å². The second-order valence-electron chi connectivity index (χ2n) is 5.52. The first-order valence-electron chi connectivity index (χ1n) is 7.80. The number of aromatic amines is 2. The summed E-state index contributed by atoms with van der Waals surface area (Å²) < 4.78 is 0. The molecule has 4 aromatic rings. The molecule has 3 nitrogen and oxygen atoms in total. The van der Waals surface area contributed by atoms with Gasteiger partial charge in [-0.25, -0.2) is 4.98 Å². The molecule has 0 aliphatic heterocycles. The molecule has 24 heavy (non-hydrogen) atoms. The van der Waals surface area contributed by atoms with Crippen molar-refractivity contribution in [3.05, 3.63) is 66.0 Å². The van der Waals surface area contributed by atoms with Crippen LogP contribution in [0.25, 0.3) is 44.9 Å². The van der Waals surface area contributed by atoms with Gasteiger partial charge in [-0.2, -0.15) is 0 Å². The van der Waals surface area contributed by atoms with E-state index in [4.69, 9.17) is 4.98 Å². The summed E-state index contributed by atoms with van der Waals surface area (Å²) in [6, 6.07) is 8.30. The molecule has 0 amide bonds. The molecule has 0 aliphatic carbocycles. The van der Waals surface area contributed by atoms with E-state index >= 15 is 0 Å². The Labute approximate surface area is 144 Å². The highest BCUT2D eigenvalue weighted by Crippen LogP contribution is 2.35. The molecule has 0 fully saturated rings. The van der Waals surface area contributed by atoms with Gasteiger partial charge in [0.1, 0.15) is 5.01 Å². The molecular formula is C20H17N3S. The highest BCUT2D eigenvalue weighted by atomic mass is 32.1. The van der Waals surface area contributed by atoms with E-state index in [2.05, 4.69) is 46.2 Å². The third-order valence-electron chi connectivity index (χ3n) is 4.09. The summed E-state index contributed by atoms with van der Waals surface area (Å²) in [6.07, 6.45) is 10.0. The highest BCUT2D eigenvalue weighted by molar-refractivity contribution is 7.13. The van der Waals surface area contributed by atoms with Crippen molar-refractivity contribution >= 4 is 34.4 Å². The predicted octanol–water partition coefficient (Wildman–Crippen LogP) is 5.96. The lowest BCUT2D eigenvalue weighted by molar-refractivity contribution is 1.37. The SMILES string of the molecule is C=Cc1[nH]cc(-c2nc(-c3c[nH]c4ccccc34)cs2)c1/C=C\C. The summed E-state index contributed by atoms with van der Waals surface area (Å²) >= 11 is 1.66. The number of benzene rings is 1. The van der Waals surface area contributed by atoms with E-state index in [0.717, 1.165) is 38.6 Å². The second-order valence-corrected chi connectivity index (χ2v) is 6.38. The largest absolute Gasteiger partial charge is 0.360 e. The second kappa shape index (κ2) is 5.98. The van der Waals surface area contributed by atoms with Crippen molar-refractivity contribution in [3.63, 3.8) is 0 Å². The summed E-state index contributed by atoms with van der Waals surface area (Å²) in [7, 11) is 0. The average Bonchev–Trinajstić information content (AvgIpc) is 3.32. The molecule has 3 heterocycles. The fourth-order valence-corrected chi connectivity index (χ4v) is 3.80. The van der Waals surface area contributed by atoms with Gasteiger partial charge in [-0.3, -0.25) is 0 Å². The normalized spacial score (nSPS) is 11.5. The topological polar surface area (TPSA) is 44.5 Å². The van der Waals surface area contributed by atoms with Gasteiger partial charge in [-0.05, 0) is 19.1 Å². The number of nitrogens with one attached hydrogen (secondary N) is 2. The van der Waals surface area contributed by atoms with Crippen molar-refractivity contribution in [3.8, 4) is 21.8 Å². The van der Waals surface area contributed by atoms with Crippen LogP contribution in [0.4, 0.5) is 0 Å². The van der Waals surface area contributed by atoms with Crippen LogP contribution in [-0.4, -0.2) is 15.0 Å². The van der Waals surface area contributed by atoms with E-state index in [9.17, 15) is 0 Å². The number of hydrogen-bond donors (Lipinski definition) is 2. The maximum atomic E-state index is 4.87. The quantitative estimate of drug-likeness (QED) is 0.476. The van der Waals surface area contributed by atoms with Crippen LogP contribution in [0.15, 0.2) is 54.7 Å². The van der Waals surface area contributed by atoms with Crippen LogP contribution in [-0.2, 0) is 0 Å². The predicted molar refractivity (Wildman–Crippen MR) is 104 cm³/mol. The maximum absolute atomic E-state index is 4.87. The van der Waals surface area contributed by atoms with Crippen molar-refractivity contribution in [2.75, 3.05) is 0 Å². The zero-order chi connectivity index (χ0) is 16.5. The van der Waals surface area contributed by atoms with Gasteiger partial charge in [-0.1, -0.05) is 36.9 Å². The van der Waals surface area contributed by atoms with Crippen LogP contribution < -0.4 is 0 Å². The van der Waals surface area contributed by atoms with Crippen LogP contribution in [0, 0.1) is 0 Å². The lowest BCUT2D eigenvalue weighted by atomic mass is 10.1. The van der Waals surface area contributed by atoms with Crippen molar-refractivity contribution < 1.29 is 0 Å². The molecule has 3 aromatic heterocycles. The van der Waals surface area contributed by atoms with Gasteiger partial charge in [0.25, 0.3) is 0 Å². The number of rotatable bonds is 4. The zero-order valence-corrected chi connectivity index (χ0v) is 14.2. The minimum absolute atomic E-state index is 1.00. The van der Waals surface area contributed by atoms with E-state index in [0.29, 0.717) is 0 Å². The summed E-state index contributed by atoms with van der Waals surface area (Å²) in [5.74, 6) is 0. The molecular weight excluding hydrogens is 314 g/mol. The third kappa shape index (κ3) is 2.32. The van der Waals surface area contributed by atoms with Gasteiger partial charge in [0.15, 0.2) is 0 Å². The molecule has 0 spiro atoms. The van der Waals surface area contributed by atoms with E-state index in [1.807, 2.05) is 37.5 Å². The Hall–Kier alpha value is -2.85. The first-order valence-corrected chi connectivity index (χ1v) is 8.68. The summed E-state index contributed by atoms with van der Waals surface area (Å²) in [5.41, 5.74) is 6.53. The number of allylic oxidation sites excluding steroid dienone is 1. The van der Waals surface area contributed by atoms with Gasteiger partial charge in [-0.15, -0.1) is 11.3 Å². The Bertz CT molecular complexity index is 1050. The molecule has 0 radical (unpaired) electrons. The molecule has 118 valence electrons. The van der Waals surface area contributed by atoms with Gasteiger partial charge in [0.05, 0.1) is 5.69 Å². The Balaban J connectivity index is 1.81. The van der Waals surface area contributed by atoms with Gasteiger partial charge in [0.2, 0.25) is 0 Å². The van der Waals surface area contributed by atoms with Gasteiger partial charge in [0, 0.05) is 51.1 Å². The number of para-hydroxylation sites is 1. The Morgan fingerprint density at radius 1 is 1.12 bits per heavy atom. The molecule has 0 bridgehead atoms. The smallest absolute Gasteiger partial charge is 0.126 e. The van der Waals surface area contributed by atoms with Crippen molar-refractivity contribution in [2.45, 2.75) is 6.92 Å². The van der Waals surface area contributed by atoms with Crippen molar-refractivity contribution in [1.82, 2.24) is 15.0 Å². The number of aromatic nitrogens is 3. The van der Waals surface area contributed by atoms with Crippen molar-refractivity contribution in [2.24, 2.45) is 0 Å². The monoisotopic (exact) mass is 331 g/mol. The lowest BCUT2D eigenvalue weighted by Crippen LogP contribution is -1.80. The number of hydrogen-bond acceptors (Lipinski definition) is 2. The van der Waals surface area contributed by atoms with E-state index in [1.165, 1.54) is 5.39 Å². The highest BCUT2D eigenvalue weighted by Gasteiger charge is 2.14. The fourth-order valence-electron chi connectivity index (χ4n) is 2.95. The van der Waals surface area contributed by atoms with Crippen LogP contribution in [0.5, 0.6) is 0 Å². The molecule has 0 unspecified atom stereocenters. The molecule has 0 atom stereocenters. The first-order chi connectivity index (χ1) is 11.8. The Kier molecular flexibility index (Phi) is 3.67. The Morgan fingerprint density at radius 2 is 1.96 bits per heavy atom. The number of thiazole rings is 1. The molecule has 4 heteroatoms. The van der Waals surface area contributed by atoms with Crippen LogP contribution in [0.1, 0.15) is 18.2 Å². The molecule has 2 N–H and O–H groups in total. The third-order valence-corrected chi connectivity index (χ3v) is 4.97. The molecule has 0 saturated heterocycles. The van der Waals surface area contributed by atoms with Crippen LogP contribution in [0.2, 0.25) is 0 Å². The zero-order valence-electron chi connectivity index (χ0n) is 13.3. The standard InChI is InChI=1S/C20H17N3S/c1-3-7-13-16(11-21-17(13)4-2)20-23-19(12-24-20)15-10-22-18-9-6-5-8-14(15)18/h3-12,21-22H,2H2,1H3/b7-3-. The minimum atomic E-state index is 1.00. The minimum Gasteiger partial charge on any atom is -0.360 e.